The lowest BCUT2D eigenvalue weighted by Crippen LogP contribution is -2.02. The predicted molar refractivity (Wildman–Crippen MR) is 71.5 cm³/mol. The van der Waals surface area contributed by atoms with Gasteiger partial charge in [-0.05, 0) is 17.7 Å². The zero-order valence-corrected chi connectivity index (χ0v) is 10.8. The molecule has 17 heavy (non-hydrogen) atoms. The van der Waals surface area contributed by atoms with Crippen LogP contribution < -0.4 is 0 Å². The van der Waals surface area contributed by atoms with Gasteiger partial charge >= 0.3 is 0 Å². The fraction of sp³-hybridized carbons (Fsp3) is 0.250. The number of nitrogens with zero attached hydrogens (tertiary/aromatic N) is 2. The van der Waals surface area contributed by atoms with Crippen molar-refractivity contribution in [3.63, 3.8) is 0 Å². The molecule has 2 aromatic rings. The van der Waals surface area contributed by atoms with Crippen molar-refractivity contribution >= 4 is 24.0 Å². The number of hydrogen-bond acceptors (Lipinski definition) is 4. The molecule has 1 N–H and O–H groups in total. The van der Waals surface area contributed by atoms with E-state index in [0.717, 1.165) is 28.4 Å². The Labute approximate surface area is 109 Å². The predicted octanol–water partition coefficient (Wildman–Crippen LogP) is 2.87. The molecule has 0 atom stereocenters. The van der Waals surface area contributed by atoms with E-state index in [9.17, 15) is 0 Å². The van der Waals surface area contributed by atoms with Gasteiger partial charge in [0.25, 0.3) is 0 Å². The second-order valence-corrected chi connectivity index (χ2v) is 5.34. The average molecular weight is 261 g/mol. The topological polar surface area (TPSA) is 41.6 Å². The summed E-state index contributed by atoms with van der Waals surface area (Å²) in [5.74, 6) is 2.96. The first-order valence-electron chi connectivity index (χ1n) is 5.40. The second kappa shape index (κ2) is 4.58. The second-order valence-electron chi connectivity index (χ2n) is 3.97. The van der Waals surface area contributed by atoms with Crippen LogP contribution in [0.4, 0.5) is 0 Å². The first-order chi connectivity index (χ1) is 8.33. The smallest absolute Gasteiger partial charge is 0.134 e. The largest absolute Gasteiger partial charge is 0.346 e. The van der Waals surface area contributed by atoms with Gasteiger partial charge in [0.1, 0.15) is 10.5 Å². The van der Waals surface area contributed by atoms with Gasteiger partial charge in [0, 0.05) is 41.6 Å². The van der Waals surface area contributed by atoms with Crippen molar-refractivity contribution in [3.8, 4) is 0 Å². The lowest BCUT2D eigenvalue weighted by molar-refractivity contribution is 0.917. The molecular weight excluding hydrogens is 250 g/mol. The maximum absolute atomic E-state index is 5.33. The number of rotatable bonds is 2. The first kappa shape index (κ1) is 10.9. The lowest BCUT2D eigenvalue weighted by atomic mass is 10.2. The molecule has 0 aromatic carbocycles. The molecule has 0 bridgehead atoms. The van der Waals surface area contributed by atoms with E-state index in [2.05, 4.69) is 15.0 Å². The molecule has 0 amide bonds. The molecule has 0 unspecified atom stereocenters. The molecular formula is C12H11N3S2. The summed E-state index contributed by atoms with van der Waals surface area (Å²) in [6.07, 6.45) is 4.38. The van der Waals surface area contributed by atoms with Crippen LogP contribution in [0.2, 0.25) is 0 Å². The van der Waals surface area contributed by atoms with E-state index in [1.165, 1.54) is 16.8 Å². The molecule has 0 saturated carbocycles. The van der Waals surface area contributed by atoms with Gasteiger partial charge in [-0.25, -0.2) is 4.98 Å². The van der Waals surface area contributed by atoms with Crippen molar-refractivity contribution in [1.82, 2.24) is 15.0 Å². The van der Waals surface area contributed by atoms with Crippen molar-refractivity contribution in [1.29, 1.82) is 0 Å². The van der Waals surface area contributed by atoms with Gasteiger partial charge in [0.15, 0.2) is 0 Å². The van der Waals surface area contributed by atoms with Gasteiger partial charge < -0.3 is 4.98 Å². The van der Waals surface area contributed by atoms with E-state index >= 15 is 0 Å². The molecule has 3 nitrogen and oxygen atoms in total. The van der Waals surface area contributed by atoms with E-state index in [0.29, 0.717) is 0 Å². The van der Waals surface area contributed by atoms with Crippen LogP contribution in [0.3, 0.4) is 0 Å². The highest BCUT2D eigenvalue weighted by atomic mass is 32.2. The zero-order chi connectivity index (χ0) is 11.7. The number of aromatic amines is 1. The SMILES string of the molecule is S=c1nc(Cc2ccncc2)[nH]c2c1CSC2. The Kier molecular flexibility index (Phi) is 2.94. The Morgan fingerprint density at radius 2 is 2.12 bits per heavy atom. The standard InChI is InChI=1S/C12H11N3S2/c16-12-9-6-17-7-10(9)14-11(15-12)5-8-1-3-13-4-2-8/h1-4H,5-7H2,(H,14,15,16). The van der Waals surface area contributed by atoms with Crippen molar-refractivity contribution in [2.24, 2.45) is 0 Å². The highest BCUT2D eigenvalue weighted by Crippen LogP contribution is 2.28. The normalized spacial score (nSPS) is 13.6. The number of nitrogens with one attached hydrogen (secondary N) is 1. The average Bonchev–Trinajstić information content (AvgIpc) is 2.79. The summed E-state index contributed by atoms with van der Waals surface area (Å²) in [6.45, 7) is 0. The monoisotopic (exact) mass is 261 g/mol. The Bertz CT molecular complexity index is 592. The zero-order valence-electron chi connectivity index (χ0n) is 9.14. The summed E-state index contributed by atoms with van der Waals surface area (Å²) in [7, 11) is 0. The van der Waals surface area contributed by atoms with Crippen LogP contribution in [-0.4, -0.2) is 15.0 Å². The number of aromatic nitrogens is 3. The van der Waals surface area contributed by atoms with Gasteiger partial charge in [-0.15, -0.1) is 0 Å². The van der Waals surface area contributed by atoms with Crippen LogP contribution in [0.1, 0.15) is 22.6 Å². The molecule has 1 aliphatic rings. The summed E-state index contributed by atoms with van der Waals surface area (Å²) in [4.78, 5) is 11.9. The van der Waals surface area contributed by atoms with Gasteiger partial charge in [-0.1, -0.05) is 12.2 Å². The van der Waals surface area contributed by atoms with Crippen LogP contribution in [-0.2, 0) is 17.9 Å². The van der Waals surface area contributed by atoms with E-state index in [1.54, 1.807) is 12.4 Å². The van der Waals surface area contributed by atoms with Crippen molar-refractivity contribution < 1.29 is 0 Å². The van der Waals surface area contributed by atoms with Crippen LogP contribution in [0.5, 0.6) is 0 Å². The molecule has 5 heteroatoms. The summed E-state index contributed by atoms with van der Waals surface area (Å²) in [5.41, 5.74) is 3.66. The maximum atomic E-state index is 5.33. The molecule has 3 heterocycles. The van der Waals surface area contributed by atoms with Crippen LogP contribution >= 0.6 is 24.0 Å². The third-order valence-corrected chi connectivity index (χ3v) is 4.09. The number of hydrogen-bond donors (Lipinski definition) is 1. The third kappa shape index (κ3) is 2.25. The summed E-state index contributed by atoms with van der Waals surface area (Å²) >= 11 is 7.21. The molecule has 0 saturated heterocycles. The maximum Gasteiger partial charge on any atom is 0.134 e. The fourth-order valence-corrected chi connectivity index (χ4v) is 3.37. The first-order valence-corrected chi connectivity index (χ1v) is 6.97. The molecule has 1 aliphatic heterocycles. The molecule has 0 aliphatic carbocycles. The minimum atomic E-state index is 0.757. The van der Waals surface area contributed by atoms with Crippen LogP contribution in [0.15, 0.2) is 24.5 Å². The van der Waals surface area contributed by atoms with Gasteiger partial charge in [-0.2, -0.15) is 11.8 Å². The quantitative estimate of drug-likeness (QED) is 0.844. The summed E-state index contributed by atoms with van der Waals surface area (Å²) in [6, 6.07) is 4.00. The minimum absolute atomic E-state index is 0.757. The van der Waals surface area contributed by atoms with Crippen LogP contribution in [0, 0.1) is 4.64 Å². The van der Waals surface area contributed by atoms with Gasteiger partial charge in [-0.3, -0.25) is 4.98 Å². The Morgan fingerprint density at radius 1 is 1.29 bits per heavy atom. The van der Waals surface area contributed by atoms with E-state index < -0.39 is 0 Å². The van der Waals surface area contributed by atoms with E-state index in [1.807, 2.05) is 23.9 Å². The van der Waals surface area contributed by atoms with Crippen LogP contribution in [0.25, 0.3) is 0 Å². The molecule has 0 spiro atoms. The Hall–Kier alpha value is -1.20. The minimum Gasteiger partial charge on any atom is -0.346 e. The molecule has 3 rings (SSSR count). The fourth-order valence-electron chi connectivity index (χ4n) is 1.90. The number of H-pyrrole nitrogens is 1. The number of pyridine rings is 1. The molecule has 2 aromatic heterocycles. The number of thioether (sulfide) groups is 1. The van der Waals surface area contributed by atoms with E-state index in [-0.39, 0.29) is 0 Å². The van der Waals surface area contributed by atoms with Gasteiger partial charge in [0.05, 0.1) is 0 Å². The third-order valence-electron chi connectivity index (χ3n) is 2.77. The highest BCUT2D eigenvalue weighted by Gasteiger charge is 2.15. The lowest BCUT2D eigenvalue weighted by Gasteiger charge is -2.05. The molecule has 0 fully saturated rings. The van der Waals surface area contributed by atoms with Crippen molar-refractivity contribution in [3.05, 3.63) is 51.8 Å². The van der Waals surface area contributed by atoms with Crippen molar-refractivity contribution in [2.45, 2.75) is 17.9 Å². The Morgan fingerprint density at radius 3 is 2.94 bits per heavy atom. The summed E-state index contributed by atoms with van der Waals surface area (Å²) in [5, 5.41) is 0. The van der Waals surface area contributed by atoms with E-state index in [4.69, 9.17) is 12.2 Å². The highest BCUT2D eigenvalue weighted by molar-refractivity contribution is 7.98. The Balaban J connectivity index is 1.95. The molecule has 0 radical (unpaired) electrons. The van der Waals surface area contributed by atoms with Crippen molar-refractivity contribution in [2.75, 3.05) is 0 Å². The summed E-state index contributed by atoms with van der Waals surface area (Å²) < 4.78 is 0.757. The number of fused-ring (bicyclic) bond motifs is 1. The van der Waals surface area contributed by atoms with Gasteiger partial charge in [0.2, 0.25) is 0 Å². The molecule has 86 valence electrons.